The van der Waals surface area contributed by atoms with Gasteiger partial charge in [0.25, 0.3) is 0 Å². The van der Waals surface area contributed by atoms with Crippen LogP contribution in [0.15, 0.2) is 28.7 Å². The molecule has 0 saturated heterocycles. The van der Waals surface area contributed by atoms with Crippen molar-refractivity contribution >= 4 is 27.5 Å². The van der Waals surface area contributed by atoms with Crippen LogP contribution in [0.1, 0.15) is 44.1 Å². The zero-order valence-electron chi connectivity index (χ0n) is 11.1. The topological polar surface area (TPSA) is 9.23 Å². The Bertz CT molecular complexity index is 442. The predicted octanol–water partition coefficient (Wildman–Crippen LogP) is 5.30. The largest absolute Gasteiger partial charge is 0.373 e. The molecule has 0 bridgehead atoms. The third-order valence-electron chi connectivity index (χ3n) is 4.81. The number of hydrogen-bond donors (Lipinski definition) is 0. The summed E-state index contributed by atoms with van der Waals surface area (Å²) in [7, 11) is 0. The summed E-state index contributed by atoms with van der Waals surface area (Å²) in [5.74, 6) is 0. The summed E-state index contributed by atoms with van der Waals surface area (Å²) in [6, 6.07) is 8.36. The van der Waals surface area contributed by atoms with Gasteiger partial charge in [0.15, 0.2) is 0 Å². The molecule has 0 aliphatic heterocycles. The van der Waals surface area contributed by atoms with Crippen LogP contribution in [0.2, 0.25) is 0 Å². The molecule has 0 radical (unpaired) electrons. The lowest BCUT2D eigenvalue weighted by Crippen LogP contribution is -2.56. The average molecular weight is 344 g/mol. The molecule has 2 saturated carbocycles. The van der Waals surface area contributed by atoms with E-state index in [2.05, 4.69) is 34.1 Å². The quantitative estimate of drug-likeness (QED) is 0.677. The third kappa shape index (κ3) is 2.72. The van der Waals surface area contributed by atoms with Gasteiger partial charge in [-0.05, 0) is 37.0 Å². The number of halogens is 2. The predicted molar refractivity (Wildman–Crippen MR) is 82.5 cm³/mol. The van der Waals surface area contributed by atoms with E-state index in [1.54, 1.807) is 0 Å². The van der Waals surface area contributed by atoms with Gasteiger partial charge in [-0.15, -0.1) is 11.6 Å². The van der Waals surface area contributed by atoms with Crippen LogP contribution >= 0.6 is 27.5 Å². The first-order valence-electron chi connectivity index (χ1n) is 7.21. The van der Waals surface area contributed by atoms with Crippen molar-refractivity contribution in [3.63, 3.8) is 0 Å². The molecule has 3 heteroatoms. The maximum Gasteiger partial charge on any atom is 0.0721 e. The van der Waals surface area contributed by atoms with E-state index in [1.807, 2.05) is 6.07 Å². The molecule has 2 fully saturated rings. The van der Waals surface area contributed by atoms with Crippen molar-refractivity contribution in [1.29, 1.82) is 0 Å². The number of alkyl halides is 1. The Balaban J connectivity index is 1.61. The van der Waals surface area contributed by atoms with E-state index in [-0.39, 0.29) is 5.41 Å². The molecular weight excluding hydrogens is 324 g/mol. The Morgan fingerprint density at radius 3 is 2.74 bits per heavy atom. The summed E-state index contributed by atoms with van der Waals surface area (Å²) in [6.45, 7) is 0.704. The minimum Gasteiger partial charge on any atom is -0.373 e. The van der Waals surface area contributed by atoms with E-state index in [1.165, 1.54) is 37.7 Å². The first-order chi connectivity index (χ1) is 9.21. The maximum absolute atomic E-state index is 6.50. The minimum absolute atomic E-state index is 0.284. The zero-order chi connectivity index (χ0) is 13.3. The van der Waals surface area contributed by atoms with Crippen molar-refractivity contribution in [3.05, 3.63) is 34.3 Å². The highest BCUT2D eigenvalue weighted by Gasteiger charge is 2.54. The number of benzene rings is 1. The summed E-state index contributed by atoms with van der Waals surface area (Å²) in [4.78, 5) is 0. The number of ether oxygens (including phenoxy) is 1. The second-order valence-electron chi connectivity index (χ2n) is 5.93. The second kappa shape index (κ2) is 5.75. The van der Waals surface area contributed by atoms with Crippen LogP contribution in [0, 0.1) is 5.41 Å². The first-order valence-corrected chi connectivity index (χ1v) is 8.44. The van der Waals surface area contributed by atoms with Gasteiger partial charge in [-0.25, -0.2) is 0 Å². The van der Waals surface area contributed by atoms with Crippen molar-refractivity contribution < 1.29 is 4.74 Å². The van der Waals surface area contributed by atoms with Crippen molar-refractivity contribution in [2.75, 3.05) is 0 Å². The van der Waals surface area contributed by atoms with E-state index in [0.717, 1.165) is 10.9 Å². The maximum atomic E-state index is 6.50. The molecule has 1 aromatic carbocycles. The van der Waals surface area contributed by atoms with Crippen LogP contribution < -0.4 is 0 Å². The summed E-state index contributed by atoms with van der Waals surface area (Å²) in [5.41, 5.74) is 1.52. The molecule has 104 valence electrons. The van der Waals surface area contributed by atoms with E-state index >= 15 is 0 Å². The zero-order valence-corrected chi connectivity index (χ0v) is 13.4. The van der Waals surface area contributed by atoms with Crippen molar-refractivity contribution in [2.24, 2.45) is 5.41 Å². The lowest BCUT2D eigenvalue weighted by atomic mass is 9.58. The molecule has 2 unspecified atom stereocenters. The summed E-state index contributed by atoms with van der Waals surface area (Å²) in [5, 5.41) is 0.334. The molecule has 1 aromatic rings. The monoisotopic (exact) mass is 342 g/mol. The molecule has 2 atom stereocenters. The summed E-state index contributed by atoms with van der Waals surface area (Å²) >= 11 is 10.0. The molecular formula is C16H20BrClO. The highest BCUT2D eigenvalue weighted by atomic mass is 79.9. The van der Waals surface area contributed by atoms with Crippen LogP contribution in [-0.2, 0) is 11.3 Å². The van der Waals surface area contributed by atoms with Gasteiger partial charge in [0.1, 0.15) is 0 Å². The number of hydrogen-bond acceptors (Lipinski definition) is 1. The molecule has 2 aliphatic carbocycles. The highest BCUT2D eigenvalue weighted by molar-refractivity contribution is 9.10. The highest BCUT2D eigenvalue weighted by Crippen LogP contribution is 2.55. The van der Waals surface area contributed by atoms with Gasteiger partial charge in [0.05, 0.1) is 12.7 Å². The summed E-state index contributed by atoms with van der Waals surface area (Å²) < 4.78 is 7.29. The molecule has 2 aliphatic rings. The van der Waals surface area contributed by atoms with E-state index in [9.17, 15) is 0 Å². The molecule has 0 N–H and O–H groups in total. The first kappa shape index (κ1) is 13.9. The Hall–Kier alpha value is -0.0500. The van der Waals surface area contributed by atoms with E-state index in [0.29, 0.717) is 18.1 Å². The third-order valence-corrected chi connectivity index (χ3v) is 5.92. The molecule has 0 amide bonds. The molecule has 1 nitrogen and oxygen atoms in total. The lowest BCUT2D eigenvalue weighted by molar-refractivity contribution is -0.131. The summed E-state index contributed by atoms with van der Waals surface area (Å²) in [6.07, 6.45) is 7.91. The fraction of sp³-hybridized carbons (Fsp3) is 0.625. The average Bonchev–Trinajstić information content (AvgIpc) is 2.44. The normalized spacial score (nSPS) is 29.2. The van der Waals surface area contributed by atoms with Gasteiger partial charge in [-0.1, -0.05) is 47.3 Å². The standard InChI is InChI=1S/C16H20BrClO/c17-13-6-4-5-12(9-13)11-19-15-10-14(18)16(15)7-2-1-3-8-16/h4-6,9,14-15H,1-3,7-8,10-11H2. The Morgan fingerprint density at radius 2 is 2.05 bits per heavy atom. The van der Waals surface area contributed by atoms with Crippen LogP contribution in [0.4, 0.5) is 0 Å². The fourth-order valence-corrected chi connectivity index (χ4v) is 4.57. The molecule has 1 spiro atoms. The Morgan fingerprint density at radius 1 is 1.26 bits per heavy atom. The Labute approximate surface area is 128 Å². The van der Waals surface area contributed by atoms with Crippen LogP contribution in [0.3, 0.4) is 0 Å². The second-order valence-corrected chi connectivity index (χ2v) is 7.37. The smallest absolute Gasteiger partial charge is 0.0721 e. The van der Waals surface area contributed by atoms with Crippen LogP contribution in [0.5, 0.6) is 0 Å². The van der Waals surface area contributed by atoms with E-state index < -0.39 is 0 Å². The van der Waals surface area contributed by atoms with Gasteiger partial charge < -0.3 is 4.74 Å². The van der Waals surface area contributed by atoms with Gasteiger partial charge >= 0.3 is 0 Å². The van der Waals surface area contributed by atoms with Gasteiger partial charge in [0, 0.05) is 15.3 Å². The van der Waals surface area contributed by atoms with Crippen molar-refractivity contribution in [1.82, 2.24) is 0 Å². The number of rotatable bonds is 3. The van der Waals surface area contributed by atoms with Gasteiger partial charge in [-0.3, -0.25) is 0 Å². The molecule has 0 aromatic heterocycles. The van der Waals surface area contributed by atoms with E-state index in [4.69, 9.17) is 16.3 Å². The molecule has 3 rings (SSSR count). The fourth-order valence-electron chi connectivity index (χ4n) is 3.60. The molecule has 19 heavy (non-hydrogen) atoms. The lowest BCUT2D eigenvalue weighted by Gasteiger charge is -2.55. The van der Waals surface area contributed by atoms with Crippen LogP contribution in [-0.4, -0.2) is 11.5 Å². The van der Waals surface area contributed by atoms with Crippen LogP contribution in [0.25, 0.3) is 0 Å². The van der Waals surface area contributed by atoms with Gasteiger partial charge in [0.2, 0.25) is 0 Å². The minimum atomic E-state index is 0.284. The Kier molecular flexibility index (Phi) is 4.21. The van der Waals surface area contributed by atoms with Crippen molar-refractivity contribution in [2.45, 2.75) is 56.6 Å². The van der Waals surface area contributed by atoms with Gasteiger partial charge in [-0.2, -0.15) is 0 Å². The SMILES string of the molecule is ClC1CC(OCc2cccc(Br)c2)C12CCCCC2. The molecule has 0 heterocycles. The van der Waals surface area contributed by atoms with Crippen molar-refractivity contribution in [3.8, 4) is 0 Å².